The molecule has 1 aromatic carbocycles. The standard InChI is InChI=1S/C15H21N2O4/c1-15(2,3)21-14(19)17-13(18)12(16)9-10-5-7-11(20-4)8-6-10/h5-8,12H,9,16H2,1-4H3/t12-/m0/s1. The number of rotatable bonds is 4. The zero-order valence-electron chi connectivity index (χ0n) is 12.8. The summed E-state index contributed by atoms with van der Waals surface area (Å²) in [5.74, 6) is 0.0251. The number of hydrogen-bond donors (Lipinski definition) is 1. The summed E-state index contributed by atoms with van der Waals surface area (Å²) in [5, 5.41) is 3.34. The Morgan fingerprint density at radius 3 is 2.29 bits per heavy atom. The topological polar surface area (TPSA) is 92.7 Å². The maximum absolute atomic E-state index is 11.7. The van der Waals surface area contributed by atoms with Gasteiger partial charge in [-0.25, -0.2) is 4.79 Å². The van der Waals surface area contributed by atoms with E-state index in [0.29, 0.717) is 0 Å². The van der Waals surface area contributed by atoms with Crippen molar-refractivity contribution < 1.29 is 19.1 Å². The number of hydrogen-bond acceptors (Lipinski definition) is 5. The third-order valence-electron chi connectivity index (χ3n) is 2.53. The highest BCUT2D eigenvalue weighted by molar-refractivity contribution is 5.94. The van der Waals surface area contributed by atoms with E-state index in [4.69, 9.17) is 15.2 Å². The zero-order chi connectivity index (χ0) is 16.0. The highest BCUT2D eigenvalue weighted by atomic mass is 16.6. The summed E-state index contributed by atoms with van der Waals surface area (Å²) in [4.78, 5) is 23.2. The van der Waals surface area contributed by atoms with E-state index in [1.807, 2.05) is 0 Å². The lowest BCUT2D eigenvalue weighted by Gasteiger charge is -2.19. The van der Waals surface area contributed by atoms with Crippen molar-refractivity contribution >= 4 is 12.0 Å². The van der Waals surface area contributed by atoms with Crippen LogP contribution in [0.5, 0.6) is 5.75 Å². The highest BCUT2D eigenvalue weighted by Gasteiger charge is 2.23. The average molecular weight is 293 g/mol. The van der Waals surface area contributed by atoms with Gasteiger partial charge in [-0.1, -0.05) is 12.1 Å². The van der Waals surface area contributed by atoms with Gasteiger partial charge in [0.1, 0.15) is 11.4 Å². The van der Waals surface area contributed by atoms with Gasteiger partial charge in [-0.15, -0.1) is 5.32 Å². The number of carbonyl (C=O) groups excluding carboxylic acids is 2. The molecule has 1 rings (SSSR count). The molecule has 0 bridgehead atoms. The van der Waals surface area contributed by atoms with Crippen molar-refractivity contribution in [2.45, 2.75) is 38.8 Å². The fourth-order valence-electron chi connectivity index (χ4n) is 1.56. The van der Waals surface area contributed by atoms with Crippen molar-refractivity contribution in [3.05, 3.63) is 29.8 Å². The lowest BCUT2D eigenvalue weighted by Crippen LogP contribution is -2.42. The third-order valence-corrected chi connectivity index (χ3v) is 2.53. The number of nitrogens with zero attached hydrogens (tertiary/aromatic N) is 1. The average Bonchev–Trinajstić information content (AvgIpc) is 2.37. The molecule has 0 heterocycles. The van der Waals surface area contributed by atoms with Gasteiger partial charge >= 0.3 is 6.09 Å². The molecule has 6 heteroatoms. The van der Waals surface area contributed by atoms with Crippen LogP contribution in [0, 0.1) is 0 Å². The molecule has 115 valence electrons. The maximum Gasteiger partial charge on any atom is 0.437 e. The number of methoxy groups -OCH3 is 1. The van der Waals surface area contributed by atoms with E-state index in [0.717, 1.165) is 11.3 Å². The predicted molar refractivity (Wildman–Crippen MR) is 78.0 cm³/mol. The van der Waals surface area contributed by atoms with Gasteiger partial charge in [-0.05, 0) is 44.9 Å². The first-order valence-corrected chi connectivity index (χ1v) is 6.58. The summed E-state index contributed by atoms with van der Waals surface area (Å²) in [6.45, 7) is 5.09. The number of amides is 2. The summed E-state index contributed by atoms with van der Waals surface area (Å²) in [6, 6.07) is 6.28. The lowest BCUT2D eigenvalue weighted by atomic mass is 10.1. The molecular formula is C15H21N2O4. The van der Waals surface area contributed by atoms with Crippen molar-refractivity contribution in [1.82, 2.24) is 5.32 Å². The molecule has 0 aliphatic rings. The van der Waals surface area contributed by atoms with E-state index in [9.17, 15) is 9.59 Å². The van der Waals surface area contributed by atoms with Crippen molar-refractivity contribution in [1.29, 1.82) is 0 Å². The molecule has 0 unspecified atom stereocenters. The summed E-state index contributed by atoms with van der Waals surface area (Å²) >= 11 is 0. The quantitative estimate of drug-likeness (QED) is 0.910. The van der Waals surface area contributed by atoms with Gasteiger partial charge in [-0.3, -0.25) is 4.79 Å². The minimum atomic E-state index is -0.919. The van der Waals surface area contributed by atoms with Crippen LogP contribution in [-0.4, -0.2) is 30.8 Å². The maximum atomic E-state index is 11.7. The van der Waals surface area contributed by atoms with Crippen molar-refractivity contribution in [2.75, 3.05) is 7.11 Å². The van der Waals surface area contributed by atoms with Gasteiger partial charge in [-0.2, -0.15) is 0 Å². The Balaban J connectivity index is 2.52. The fourth-order valence-corrected chi connectivity index (χ4v) is 1.56. The molecule has 0 aliphatic heterocycles. The number of imide groups is 1. The van der Waals surface area contributed by atoms with Gasteiger partial charge in [0.2, 0.25) is 0 Å². The first-order chi connectivity index (χ1) is 9.71. The Morgan fingerprint density at radius 1 is 1.24 bits per heavy atom. The minimum Gasteiger partial charge on any atom is -0.497 e. The first kappa shape index (κ1) is 17.0. The minimum absolute atomic E-state index is 0.287. The summed E-state index contributed by atoms with van der Waals surface area (Å²) in [6.07, 6.45) is -0.632. The van der Waals surface area contributed by atoms with Gasteiger partial charge in [0, 0.05) is 0 Å². The number of ether oxygens (including phenoxy) is 2. The van der Waals surface area contributed by atoms with Gasteiger partial charge in [0.05, 0.1) is 13.2 Å². The molecule has 0 fully saturated rings. The zero-order valence-corrected chi connectivity index (χ0v) is 12.8. The monoisotopic (exact) mass is 293 g/mol. The third kappa shape index (κ3) is 6.27. The van der Waals surface area contributed by atoms with Crippen LogP contribution in [0.1, 0.15) is 26.3 Å². The summed E-state index contributed by atoms with van der Waals surface area (Å²) < 4.78 is 9.98. The van der Waals surface area contributed by atoms with Crippen molar-refractivity contribution in [3.63, 3.8) is 0 Å². The van der Waals surface area contributed by atoms with Crippen LogP contribution in [0.25, 0.3) is 0 Å². The lowest BCUT2D eigenvalue weighted by molar-refractivity contribution is -0.122. The van der Waals surface area contributed by atoms with Crippen LogP contribution in [0.4, 0.5) is 4.79 Å². The molecule has 1 radical (unpaired) electrons. The predicted octanol–water partition coefficient (Wildman–Crippen LogP) is 1.63. The van der Waals surface area contributed by atoms with Crippen molar-refractivity contribution in [3.8, 4) is 5.75 Å². The van der Waals surface area contributed by atoms with Gasteiger partial charge in [0.25, 0.3) is 5.91 Å². The molecule has 0 aromatic heterocycles. The molecule has 1 atom stereocenters. The second kappa shape index (κ2) is 7.08. The van der Waals surface area contributed by atoms with E-state index in [-0.39, 0.29) is 6.42 Å². The molecule has 2 N–H and O–H groups in total. The first-order valence-electron chi connectivity index (χ1n) is 6.58. The van der Waals surface area contributed by atoms with Crippen molar-refractivity contribution in [2.24, 2.45) is 5.73 Å². The summed E-state index contributed by atoms with van der Waals surface area (Å²) in [7, 11) is 1.57. The molecule has 2 amide bonds. The van der Waals surface area contributed by atoms with E-state index >= 15 is 0 Å². The van der Waals surface area contributed by atoms with E-state index in [1.54, 1.807) is 52.1 Å². The van der Waals surface area contributed by atoms with Crippen LogP contribution in [0.2, 0.25) is 0 Å². The molecule has 1 aromatic rings. The second-order valence-electron chi connectivity index (χ2n) is 5.59. The number of nitrogens with two attached hydrogens (primary N) is 1. The molecule has 0 saturated heterocycles. The van der Waals surface area contributed by atoms with E-state index < -0.39 is 23.6 Å². The van der Waals surface area contributed by atoms with Crippen LogP contribution in [-0.2, 0) is 16.0 Å². The van der Waals surface area contributed by atoms with Crippen LogP contribution >= 0.6 is 0 Å². The normalized spacial score (nSPS) is 12.4. The van der Waals surface area contributed by atoms with Crippen LogP contribution < -0.4 is 15.8 Å². The highest BCUT2D eigenvalue weighted by Crippen LogP contribution is 2.12. The SMILES string of the molecule is COc1ccc(C[C@H](N)C(=O)[N]C(=O)OC(C)(C)C)cc1. The number of carbonyl (C=O) groups is 2. The summed E-state index contributed by atoms with van der Waals surface area (Å²) in [5.41, 5.74) is 5.91. The molecule has 6 nitrogen and oxygen atoms in total. The van der Waals surface area contributed by atoms with Crippen LogP contribution in [0.15, 0.2) is 24.3 Å². The van der Waals surface area contributed by atoms with Crippen LogP contribution in [0.3, 0.4) is 0 Å². The Hall–Kier alpha value is -2.08. The molecule has 0 aliphatic carbocycles. The smallest absolute Gasteiger partial charge is 0.437 e. The Bertz CT molecular complexity index is 491. The Kier molecular flexibility index (Phi) is 5.72. The largest absolute Gasteiger partial charge is 0.497 e. The second-order valence-corrected chi connectivity index (χ2v) is 5.59. The van der Waals surface area contributed by atoms with Gasteiger partial charge in [0.15, 0.2) is 0 Å². The van der Waals surface area contributed by atoms with Gasteiger partial charge < -0.3 is 15.2 Å². The Morgan fingerprint density at radius 2 is 1.81 bits per heavy atom. The molecule has 0 saturated carbocycles. The molecular weight excluding hydrogens is 272 g/mol. The molecule has 0 spiro atoms. The number of benzene rings is 1. The fraction of sp³-hybridized carbons (Fsp3) is 0.467. The van der Waals surface area contributed by atoms with E-state index in [2.05, 4.69) is 5.32 Å². The van der Waals surface area contributed by atoms with E-state index in [1.165, 1.54) is 0 Å². The Labute approximate surface area is 124 Å². The molecule has 21 heavy (non-hydrogen) atoms.